The Labute approximate surface area is 219 Å². The molecule has 2 aromatic rings. The van der Waals surface area contributed by atoms with Crippen LogP contribution in [0.2, 0.25) is 10.0 Å². The monoisotopic (exact) mass is 534 g/mol. The second-order valence-electron chi connectivity index (χ2n) is 8.64. The minimum atomic E-state index is -1.26. The molecule has 2 aromatic carbocycles. The molecular formula is C26H28Cl2N2O6. The highest BCUT2D eigenvalue weighted by Crippen LogP contribution is 2.36. The number of benzene rings is 2. The molecule has 0 spiro atoms. The van der Waals surface area contributed by atoms with Gasteiger partial charge in [0.05, 0.1) is 22.5 Å². The zero-order chi connectivity index (χ0) is 26.2. The molecular weight excluding hydrogens is 507 g/mol. The van der Waals surface area contributed by atoms with Gasteiger partial charge in [-0.15, -0.1) is 0 Å². The van der Waals surface area contributed by atoms with E-state index in [0.717, 1.165) is 36.3 Å². The van der Waals surface area contributed by atoms with Gasteiger partial charge in [-0.25, -0.2) is 9.59 Å². The number of halogens is 2. The van der Waals surface area contributed by atoms with Crippen LogP contribution in [-0.4, -0.2) is 69.1 Å². The summed E-state index contributed by atoms with van der Waals surface area (Å²) in [6.45, 7) is 3.56. The van der Waals surface area contributed by atoms with Crippen molar-refractivity contribution >= 4 is 41.0 Å². The molecule has 1 saturated heterocycles. The number of carboxylic acids is 2. The molecule has 2 heterocycles. The summed E-state index contributed by atoms with van der Waals surface area (Å²) in [6, 6.07) is 11.0. The average molecular weight is 535 g/mol. The molecule has 2 aliphatic rings. The van der Waals surface area contributed by atoms with Crippen LogP contribution in [0.25, 0.3) is 0 Å². The fraction of sp³-hybridized carbons (Fsp3) is 0.346. The van der Waals surface area contributed by atoms with Crippen LogP contribution in [0.5, 0.6) is 5.75 Å². The molecule has 3 N–H and O–H groups in total. The van der Waals surface area contributed by atoms with E-state index < -0.39 is 11.9 Å². The molecule has 0 bridgehead atoms. The number of nitrogens with zero attached hydrogens (tertiary/aromatic N) is 2. The summed E-state index contributed by atoms with van der Waals surface area (Å²) in [5.74, 6) is -2.10. The maximum Gasteiger partial charge on any atom is 0.328 e. The zero-order valence-electron chi connectivity index (χ0n) is 19.6. The van der Waals surface area contributed by atoms with Crippen LogP contribution in [0, 0.1) is 0 Å². The molecule has 0 aliphatic carbocycles. The number of hydrogen-bond donors (Lipinski definition) is 3. The van der Waals surface area contributed by atoms with Crippen molar-refractivity contribution in [2.45, 2.75) is 31.7 Å². The first kappa shape index (κ1) is 27.5. The Morgan fingerprint density at radius 1 is 0.944 bits per heavy atom. The number of fused-ring (bicyclic) bond motifs is 1. The molecule has 2 aliphatic heterocycles. The second-order valence-corrected chi connectivity index (χ2v) is 9.46. The molecule has 1 fully saturated rings. The third-order valence-corrected chi connectivity index (χ3v) is 6.92. The topological polar surface area (TPSA) is 118 Å². The van der Waals surface area contributed by atoms with Crippen LogP contribution in [-0.2, 0) is 27.2 Å². The Bertz CT molecular complexity index is 1130. The summed E-state index contributed by atoms with van der Waals surface area (Å²) >= 11 is 12.1. The van der Waals surface area contributed by atoms with Crippen molar-refractivity contribution in [2.75, 3.05) is 26.2 Å². The number of carbonyl (C=O) groups is 3. The van der Waals surface area contributed by atoms with E-state index in [1.807, 2.05) is 23.1 Å². The average Bonchev–Trinajstić information content (AvgIpc) is 3.34. The van der Waals surface area contributed by atoms with Crippen molar-refractivity contribution < 1.29 is 29.7 Å². The van der Waals surface area contributed by atoms with E-state index in [0.29, 0.717) is 47.3 Å². The highest BCUT2D eigenvalue weighted by Gasteiger charge is 2.33. The lowest BCUT2D eigenvalue weighted by Crippen LogP contribution is -2.45. The van der Waals surface area contributed by atoms with Gasteiger partial charge in [0.25, 0.3) is 0 Å². The number of rotatable bonds is 6. The van der Waals surface area contributed by atoms with E-state index in [1.54, 1.807) is 18.2 Å². The first-order valence-electron chi connectivity index (χ1n) is 11.6. The van der Waals surface area contributed by atoms with Gasteiger partial charge in [0.1, 0.15) is 5.75 Å². The van der Waals surface area contributed by atoms with Crippen LogP contribution in [0.3, 0.4) is 0 Å². The standard InChI is InChI=1S/C22H24Cl2N2O2.C4H4O4/c23-18-7-6-15(12-19(18)24)13-22(28)26-11-8-17-16(4-3-5-21(17)27)20(26)14-25-9-1-2-10-25;5-3(6)1-2-4(7)8/h3-7,12,20,27H,1-2,8-11,13-14H2;1-2H,(H,5,6)(H,7,8). The van der Waals surface area contributed by atoms with Crippen LogP contribution in [0.4, 0.5) is 0 Å². The highest BCUT2D eigenvalue weighted by atomic mass is 35.5. The fourth-order valence-corrected chi connectivity index (χ4v) is 4.83. The molecule has 0 aromatic heterocycles. The van der Waals surface area contributed by atoms with E-state index in [9.17, 15) is 19.5 Å². The molecule has 10 heteroatoms. The van der Waals surface area contributed by atoms with Gasteiger partial charge in [-0.2, -0.15) is 0 Å². The van der Waals surface area contributed by atoms with Crippen LogP contribution >= 0.6 is 23.2 Å². The summed E-state index contributed by atoms with van der Waals surface area (Å²) in [7, 11) is 0. The Hall–Kier alpha value is -3.07. The minimum absolute atomic E-state index is 0.0378. The lowest BCUT2D eigenvalue weighted by molar-refractivity contribution is -0.134. The number of likely N-dealkylation sites (tertiary alicyclic amines) is 1. The lowest BCUT2D eigenvalue weighted by atomic mass is 9.91. The maximum atomic E-state index is 13.2. The molecule has 1 atom stereocenters. The Morgan fingerprint density at radius 3 is 2.22 bits per heavy atom. The van der Waals surface area contributed by atoms with E-state index in [-0.39, 0.29) is 11.9 Å². The van der Waals surface area contributed by atoms with Crippen molar-refractivity contribution in [3.8, 4) is 5.75 Å². The maximum absolute atomic E-state index is 13.2. The van der Waals surface area contributed by atoms with Gasteiger partial charge in [-0.05, 0) is 61.7 Å². The zero-order valence-corrected chi connectivity index (χ0v) is 21.1. The molecule has 8 nitrogen and oxygen atoms in total. The molecule has 1 unspecified atom stereocenters. The Balaban J connectivity index is 0.000000392. The largest absolute Gasteiger partial charge is 0.508 e. The first-order chi connectivity index (χ1) is 17.2. The van der Waals surface area contributed by atoms with Gasteiger partial charge < -0.3 is 25.1 Å². The van der Waals surface area contributed by atoms with Crippen molar-refractivity contribution in [1.29, 1.82) is 0 Å². The molecule has 192 valence electrons. The fourth-order valence-electron chi connectivity index (χ4n) is 4.51. The summed E-state index contributed by atoms with van der Waals surface area (Å²) in [4.78, 5) is 36.7. The van der Waals surface area contributed by atoms with Crippen LogP contribution < -0.4 is 0 Å². The number of hydrogen-bond acceptors (Lipinski definition) is 5. The first-order valence-corrected chi connectivity index (χ1v) is 12.3. The van der Waals surface area contributed by atoms with Crippen LogP contribution in [0.1, 0.15) is 35.6 Å². The Kier molecular flexibility index (Phi) is 9.75. The number of carbonyl (C=O) groups excluding carboxylic acids is 1. The third-order valence-electron chi connectivity index (χ3n) is 6.18. The number of amides is 1. The number of aromatic hydroxyl groups is 1. The van der Waals surface area contributed by atoms with E-state index in [1.165, 1.54) is 12.8 Å². The quantitative estimate of drug-likeness (QED) is 0.475. The van der Waals surface area contributed by atoms with E-state index in [4.69, 9.17) is 33.4 Å². The number of phenols is 1. The second kappa shape index (κ2) is 12.8. The lowest BCUT2D eigenvalue weighted by Gasteiger charge is -2.39. The van der Waals surface area contributed by atoms with Gasteiger partial charge in [-0.3, -0.25) is 4.79 Å². The number of carboxylic acid groups (broad SMARTS) is 2. The van der Waals surface area contributed by atoms with Crippen molar-refractivity contribution in [1.82, 2.24) is 9.80 Å². The summed E-state index contributed by atoms with van der Waals surface area (Å²) < 4.78 is 0. The molecule has 0 radical (unpaired) electrons. The van der Waals surface area contributed by atoms with Crippen molar-refractivity contribution in [3.05, 3.63) is 75.3 Å². The minimum Gasteiger partial charge on any atom is -0.508 e. The summed E-state index contributed by atoms with van der Waals surface area (Å²) in [5, 5.41) is 26.9. The Morgan fingerprint density at radius 2 is 1.61 bits per heavy atom. The molecule has 4 rings (SSSR count). The SMILES string of the molecule is O=C(Cc1ccc(Cl)c(Cl)c1)N1CCc2c(O)cccc2C1CN1CCCC1.O=C(O)C=CC(=O)O. The van der Waals surface area contributed by atoms with Crippen LogP contribution in [0.15, 0.2) is 48.6 Å². The summed E-state index contributed by atoms with van der Waals surface area (Å²) in [5.41, 5.74) is 2.91. The van der Waals surface area contributed by atoms with E-state index in [2.05, 4.69) is 4.90 Å². The predicted octanol–water partition coefficient (Wildman–Crippen LogP) is 4.18. The van der Waals surface area contributed by atoms with Gasteiger partial charge in [-0.1, -0.05) is 41.4 Å². The number of phenolic OH excluding ortho intramolecular Hbond substituents is 1. The van der Waals surface area contributed by atoms with Gasteiger partial charge in [0, 0.05) is 30.8 Å². The molecule has 0 saturated carbocycles. The highest BCUT2D eigenvalue weighted by molar-refractivity contribution is 6.42. The smallest absolute Gasteiger partial charge is 0.328 e. The predicted molar refractivity (Wildman–Crippen MR) is 137 cm³/mol. The normalized spacial score (nSPS) is 17.4. The number of aliphatic carboxylic acids is 2. The summed E-state index contributed by atoms with van der Waals surface area (Å²) in [6.07, 6.45) is 4.49. The third kappa shape index (κ3) is 7.46. The molecule has 1 amide bonds. The molecule has 36 heavy (non-hydrogen) atoms. The van der Waals surface area contributed by atoms with Crippen molar-refractivity contribution in [3.63, 3.8) is 0 Å². The van der Waals surface area contributed by atoms with Crippen molar-refractivity contribution in [2.24, 2.45) is 0 Å². The van der Waals surface area contributed by atoms with E-state index >= 15 is 0 Å². The van der Waals surface area contributed by atoms with Gasteiger partial charge in [0.2, 0.25) is 5.91 Å². The van der Waals surface area contributed by atoms with Gasteiger partial charge >= 0.3 is 11.9 Å². The van der Waals surface area contributed by atoms with Gasteiger partial charge in [0.15, 0.2) is 0 Å².